The van der Waals surface area contributed by atoms with Gasteiger partial charge in [0.25, 0.3) is 0 Å². The van der Waals surface area contributed by atoms with E-state index in [1.807, 2.05) is 18.7 Å². The highest BCUT2D eigenvalue weighted by atomic mass is 16.5. The molecule has 0 aromatic rings. The van der Waals surface area contributed by atoms with Crippen LogP contribution in [0.1, 0.15) is 27.2 Å². The average molecular weight is 272 g/mol. The number of ether oxygens (including phenoxy) is 1. The molecule has 6 nitrogen and oxygen atoms in total. The zero-order valence-corrected chi connectivity index (χ0v) is 12.0. The molecule has 0 spiro atoms. The van der Waals surface area contributed by atoms with Crippen molar-refractivity contribution in [2.24, 2.45) is 5.92 Å². The Balaban J connectivity index is 2.68. The fraction of sp³-hybridized carbons (Fsp3) is 0.846. The Morgan fingerprint density at radius 2 is 2.16 bits per heavy atom. The second kappa shape index (κ2) is 7.33. The molecule has 0 saturated carbocycles. The zero-order chi connectivity index (χ0) is 14.4. The van der Waals surface area contributed by atoms with Crippen molar-refractivity contribution in [2.45, 2.75) is 33.2 Å². The molecule has 1 aliphatic rings. The van der Waals surface area contributed by atoms with E-state index in [1.165, 1.54) is 0 Å². The van der Waals surface area contributed by atoms with E-state index in [9.17, 15) is 9.59 Å². The van der Waals surface area contributed by atoms with Gasteiger partial charge in [0, 0.05) is 19.6 Å². The highest BCUT2D eigenvalue weighted by Gasteiger charge is 2.30. The van der Waals surface area contributed by atoms with Crippen molar-refractivity contribution in [2.75, 3.05) is 32.8 Å². The van der Waals surface area contributed by atoms with Gasteiger partial charge >= 0.3 is 12.0 Å². The van der Waals surface area contributed by atoms with E-state index in [0.717, 1.165) is 6.42 Å². The number of morpholine rings is 1. The normalized spacial score (nSPS) is 21.0. The highest BCUT2D eigenvalue weighted by Crippen LogP contribution is 2.14. The number of hydrogen-bond acceptors (Lipinski definition) is 3. The molecule has 1 aliphatic heterocycles. The van der Waals surface area contributed by atoms with E-state index in [4.69, 9.17) is 9.84 Å². The zero-order valence-electron chi connectivity index (χ0n) is 12.0. The van der Waals surface area contributed by atoms with Crippen LogP contribution >= 0.6 is 0 Å². The van der Waals surface area contributed by atoms with Gasteiger partial charge in [-0.3, -0.25) is 4.79 Å². The van der Waals surface area contributed by atoms with Crippen LogP contribution in [0.15, 0.2) is 0 Å². The third-order valence-electron chi connectivity index (χ3n) is 3.51. The molecule has 1 saturated heterocycles. The number of nitrogens with zero attached hydrogens (tertiary/aromatic N) is 2. The van der Waals surface area contributed by atoms with Crippen LogP contribution in [0.4, 0.5) is 4.79 Å². The molecule has 2 atom stereocenters. The average Bonchev–Trinajstić information content (AvgIpc) is 2.43. The van der Waals surface area contributed by atoms with Gasteiger partial charge in [0.2, 0.25) is 0 Å². The summed E-state index contributed by atoms with van der Waals surface area (Å²) in [5.74, 6) is -1.43. The molecule has 110 valence electrons. The summed E-state index contributed by atoms with van der Waals surface area (Å²) in [6, 6.07) is 0.0150. The minimum atomic E-state index is -0.875. The van der Waals surface area contributed by atoms with Crippen LogP contribution in [0.25, 0.3) is 0 Å². The maximum atomic E-state index is 12.5. The molecule has 0 aromatic carbocycles. The van der Waals surface area contributed by atoms with Gasteiger partial charge in [-0.15, -0.1) is 0 Å². The predicted octanol–water partition coefficient (Wildman–Crippen LogP) is 1.26. The van der Waals surface area contributed by atoms with Crippen LogP contribution in [0.2, 0.25) is 0 Å². The Hall–Kier alpha value is -1.30. The molecule has 2 unspecified atom stereocenters. The van der Waals surface area contributed by atoms with Crippen molar-refractivity contribution in [1.82, 2.24) is 9.80 Å². The van der Waals surface area contributed by atoms with Gasteiger partial charge in [-0.2, -0.15) is 0 Å². The summed E-state index contributed by atoms with van der Waals surface area (Å²) >= 11 is 0. The molecule has 1 fully saturated rings. The SMILES string of the molecule is CCC1COCCN1C(=O)N(CC)CC(C)C(=O)O. The first-order valence-electron chi connectivity index (χ1n) is 6.87. The number of urea groups is 1. The number of amides is 2. The van der Waals surface area contributed by atoms with Crippen molar-refractivity contribution in [3.8, 4) is 0 Å². The largest absolute Gasteiger partial charge is 0.481 e. The second-order valence-electron chi connectivity index (χ2n) is 4.89. The summed E-state index contributed by atoms with van der Waals surface area (Å²) < 4.78 is 5.38. The van der Waals surface area contributed by atoms with Gasteiger partial charge in [-0.25, -0.2) is 4.79 Å². The quantitative estimate of drug-likeness (QED) is 0.818. The summed E-state index contributed by atoms with van der Waals surface area (Å²) in [5, 5.41) is 8.95. The molecule has 2 amide bonds. The lowest BCUT2D eigenvalue weighted by atomic mass is 10.1. The first-order chi connectivity index (χ1) is 9.01. The van der Waals surface area contributed by atoms with Crippen molar-refractivity contribution < 1.29 is 19.4 Å². The Morgan fingerprint density at radius 3 is 2.68 bits per heavy atom. The van der Waals surface area contributed by atoms with Crippen molar-refractivity contribution in [1.29, 1.82) is 0 Å². The summed E-state index contributed by atoms with van der Waals surface area (Å²) in [4.78, 5) is 26.8. The Morgan fingerprint density at radius 1 is 1.47 bits per heavy atom. The molecule has 6 heteroatoms. The fourth-order valence-corrected chi connectivity index (χ4v) is 2.18. The minimum absolute atomic E-state index is 0.0780. The molecule has 0 radical (unpaired) electrons. The highest BCUT2D eigenvalue weighted by molar-refractivity contribution is 5.76. The van der Waals surface area contributed by atoms with Gasteiger partial charge in [0.1, 0.15) is 0 Å². The molecule has 0 bridgehead atoms. The third-order valence-corrected chi connectivity index (χ3v) is 3.51. The van der Waals surface area contributed by atoms with Crippen LogP contribution < -0.4 is 0 Å². The molecule has 0 aliphatic carbocycles. The summed E-state index contributed by atoms with van der Waals surface area (Å²) in [5.41, 5.74) is 0. The van der Waals surface area contributed by atoms with E-state index in [-0.39, 0.29) is 18.6 Å². The molecule has 0 aromatic heterocycles. The van der Waals surface area contributed by atoms with Crippen molar-refractivity contribution in [3.63, 3.8) is 0 Å². The topological polar surface area (TPSA) is 70.1 Å². The van der Waals surface area contributed by atoms with Crippen LogP contribution in [-0.2, 0) is 9.53 Å². The van der Waals surface area contributed by atoms with Gasteiger partial charge < -0.3 is 19.6 Å². The lowest BCUT2D eigenvalue weighted by Gasteiger charge is -2.38. The third kappa shape index (κ3) is 4.09. The number of carbonyl (C=O) groups excluding carboxylic acids is 1. The Labute approximate surface area is 114 Å². The molecule has 1 rings (SSSR count). The number of carboxylic acids is 1. The first kappa shape index (κ1) is 15.8. The molecule has 1 heterocycles. The van der Waals surface area contributed by atoms with Crippen molar-refractivity contribution in [3.05, 3.63) is 0 Å². The Kier molecular flexibility index (Phi) is 6.08. The lowest BCUT2D eigenvalue weighted by molar-refractivity contribution is -0.141. The van der Waals surface area contributed by atoms with E-state index in [2.05, 4.69) is 0 Å². The number of aliphatic carboxylic acids is 1. The minimum Gasteiger partial charge on any atom is -0.481 e. The Bertz CT molecular complexity index is 322. The number of carbonyl (C=O) groups is 2. The second-order valence-corrected chi connectivity index (χ2v) is 4.89. The van der Waals surface area contributed by atoms with Gasteiger partial charge in [-0.05, 0) is 13.3 Å². The monoisotopic (exact) mass is 272 g/mol. The van der Waals surface area contributed by atoms with Crippen LogP contribution in [0, 0.1) is 5.92 Å². The van der Waals surface area contributed by atoms with E-state index < -0.39 is 11.9 Å². The van der Waals surface area contributed by atoms with Gasteiger partial charge in [0.05, 0.1) is 25.2 Å². The fourth-order valence-electron chi connectivity index (χ4n) is 2.18. The van der Waals surface area contributed by atoms with Crippen LogP contribution in [0.5, 0.6) is 0 Å². The van der Waals surface area contributed by atoms with Gasteiger partial charge in [-0.1, -0.05) is 13.8 Å². The first-order valence-corrected chi connectivity index (χ1v) is 6.87. The summed E-state index contributed by atoms with van der Waals surface area (Å²) in [7, 11) is 0. The number of carboxylic acid groups (broad SMARTS) is 1. The van der Waals surface area contributed by atoms with E-state index >= 15 is 0 Å². The number of hydrogen-bond donors (Lipinski definition) is 1. The molecular weight excluding hydrogens is 248 g/mol. The number of rotatable bonds is 5. The standard InChI is InChI=1S/C13H24N2O4/c1-4-11-9-19-7-6-15(11)13(18)14(5-2)8-10(3)12(16)17/h10-11H,4-9H2,1-3H3,(H,16,17). The maximum absolute atomic E-state index is 12.5. The maximum Gasteiger partial charge on any atom is 0.320 e. The van der Waals surface area contributed by atoms with Crippen molar-refractivity contribution >= 4 is 12.0 Å². The van der Waals surface area contributed by atoms with E-state index in [1.54, 1.807) is 11.8 Å². The molecular formula is C13H24N2O4. The molecule has 1 N–H and O–H groups in total. The predicted molar refractivity (Wildman–Crippen MR) is 71.0 cm³/mol. The smallest absolute Gasteiger partial charge is 0.320 e. The van der Waals surface area contributed by atoms with E-state index in [0.29, 0.717) is 26.3 Å². The molecule has 19 heavy (non-hydrogen) atoms. The summed E-state index contributed by atoms with van der Waals surface area (Å²) in [6.45, 7) is 7.97. The lowest BCUT2D eigenvalue weighted by Crippen LogP contribution is -2.54. The van der Waals surface area contributed by atoms with Gasteiger partial charge in [0.15, 0.2) is 0 Å². The summed E-state index contributed by atoms with van der Waals surface area (Å²) in [6.07, 6.45) is 0.845. The van der Waals surface area contributed by atoms with Crippen LogP contribution in [0.3, 0.4) is 0 Å². The van der Waals surface area contributed by atoms with Crippen LogP contribution in [-0.4, -0.2) is 65.8 Å².